The number of rotatable bonds is 26. The molecule has 0 amide bonds. The number of carbonyl (C=O) groups excluding carboxylic acids is 2. The minimum Gasteiger partial charge on any atom is -0.446 e. The van der Waals surface area contributed by atoms with E-state index < -0.39 is 0 Å². The number of hydrogen-bond acceptors (Lipinski definition) is 6. The minimum absolute atomic E-state index is 0.293. The maximum absolute atomic E-state index is 12.5. The van der Waals surface area contributed by atoms with E-state index in [4.69, 9.17) is 9.47 Å². The zero-order valence-electron chi connectivity index (χ0n) is 26.4. The first kappa shape index (κ1) is 36.1. The first-order valence-electron chi connectivity index (χ1n) is 16.4. The highest BCUT2D eigenvalue weighted by atomic mass is 16.5. The molecular weight excluding hydrogens is 500 g/mol. The van der Waals surface area contributed by atoms with Crippen LogP contribution in [0.15, 0.2) is 24.3 Å². The van der Waals surface area contributed by atoms with E-state index in [-0.39, 0.29) is 11.9 Å². The Labute approximate surface area is 246 Å². The molecule has 0 bridgehead atoms. The summed E-state index contributed by atoms with van der Waals surface area (Å²) in [4.78, 5) is 29.4. The van der Waals surface area contributed by atoms with E-state index in [1.165, 1.54) is 89.9 Å². The Balaban J connectivity index is 2.28. The first-order chi connectivity index (χ1) is 19.5. The van der Waals surface area contributed by atoms with Crippen molar-refractivity contribution in [3.05, 3.63) is 35.4 Å². The number of benzene rings is 1. The van der Waals surface area contributed by atoms with E-state index >= 15 is 0 Å². The normalized spacial score (nSPS) is 11.3. The molecule has 0 heterocycles. The van der Waals surface area contributed by atoms with Gasteiger partial charge in [0.2, 0.25) is 0 Å². The summed E-state index contributed by atoms with van der Waals surface area (Å²) in [5.41, 5.74) is 0.897. The van der Waals surface area contributed by atoms with Crippen LogP contribution >= 0.6 is 0 Å². The molecule has 0 saturated heterocycles. The van der Waals surface area contributed by atoms with Gasteiger partial charge in [-0.2, -0.15) is 0 Å². The third-order valence-corrected chi connectivity index (χ3v) is 7.66. The van der Waals surface area contributed by atoms with Gasteiger partial charge in [-0.15, -0.1) is 0 Å². The lowest BCUT2D eigenvalue weighted by Crippen LogP contribution is -2.29. The van der Waals surface area contributed by atoms with Crippen molar-refractivity contribution >= 4 is 11.9 Å². The van der Waals surface area contributed by atoms with Gasteiger partial charge in [-0.1, -0.05) is 118 Å². The Hall–Kier alpha value is -1.92. The highest BCUT2D eigenvalue weighted by Gasteiger charge is 2.13. The minimum atomic E-state index is -0.364. The summed E-state index contributed by atoms with van der Waals surface area (Å²) in [7, 11) is 0. The molecule has 6 heteroatoms. The van der Waals surface area contributed by atoms with Crippen molar-refractivity contribution in [2.75, 3.05) is 39.6 Å². The summed E-state index contributed by atoms with van der Waals surface area (Å²) in [5, 5.41) is 0. The van der Waals surface area contributed by atoms with Crippen LogP contribution in [0.1, 0.15) is 151 Å². The van der Waals surface area contributed by atoms with Gasteiger partial charge in [0, 0.05) is 13.1 Å². The average Bonchev–Trinajstić information content (AvgIpc) is 2.98. The second-order valence-electron chi connectivity index (χ2n) is 11.1. The molecule has 0 atom stereocenters. The van der Waals surface area contributed by atoms with Crippen LogP contribution in [0.3, 0.4) is 0 Å². The predicted octanol–water partition coefficient (Wildman–Crippen LogP) is 8.84. The molecule has 0 fully saturated rings. The molecule has 0 N–H and O–H groups in total. The Morgan fingerprint density at radius 3 is 1.10 bits per heavy atom. The Kier molecular flexibility index (Phi) is 22.4. The molecule has 0 aliphatic rings. The van der Waals surface area contributed by atoms with E-state index in [0.29, 0.717) is 24.6 Å². The molecular formula is C34H60N2O4. The van der Waals surface area contributed by atoms with E-state index in [1.807, 2.05) is 0 Å². The Morgan fingerprint density at radius 1 is 0.500 bits per heavy atom. The molecule has 1 aromatic carbocycles. The van der Waals surface area contributed by atoms with Gasteiger partial charge in [-0.05, 0) is 50.2 Å². The van der Waals surface area contributed by atoms with E-state index in [0.717, 1.165) is 39.0 Å². The van der Waals surface area contributed by atoms with Crippen molar-refractivity contribution in [1.29, 1.82) is 0 Å². The summed E-state index contributed by atoms with van der Waals surface area (Å²) in [6.45, 7) is 12.8. The fourth-order valence-electron chi connectivity index (χ4n) is 4.78. The van der Waals surface area contributed by atoms with Crippen LogP contribution < -0.4 is 0 Å². The highest BCUT2D eigenvalue weighted by Crippen LogP contribution is 2.12. The number of carbonyl (C=O) groups is 2. The molecule has 1 aromatic rings. The predicted molar refractivity (Wildman–Crippen MR) is 167 cm³/mol. The number of esters is 2. The lowest BCUT2D eigenvalue weighted by Gasteiger charge is -2.20. The molecule has 6 nitrogen and oxygen atoms in total. The van der Waals surface area contributed by atoms with E-state index in [1.54, 1.807) is 24.3 Å². The van der Waals surface area contributed by atoms with Gasteiger partial charge in [-0.25, -0.2) is 9.59 Å². The SMILES string of the molecule is CCCCCCCCCCN(CC)COC(=O)c1ccc(C(=O)OCN(CC)CCCCCCCCCC)cc1. The van der Waals surface area contributed by atoms with Gasteiger partial charge < -0.3 is 9.47 Å². The summed E-state index contributed by atoms with van der Waals surface area (Å²) in [6.07, 6.45) is 20.6. The van der Waals surface area contributed by atoms with Crippen LogP contribution in [0.5, 0.6) is 0 Å². The average molecular weight is 561 g/mol. The molecule has 1 rings (SSSR count). The Morgan fingerprint density at radius 2 is 0.800 bits per heavy atom. The number of unbranched alkanes of at least 4 members (excludes halogenated alkanes) is 14. The smallest absolute Gasteiger partial charge is 0.339 e. The third-order valence-electron chi connectivity index (χ3n) is 7.66. The molecule has 230 valence electrons. The maximum Gasteiger partial charge on any atom is 0.339 e. The largest absolute Gasteiger partial charge is 0.446 e. The summed E-state index contributed by atoms with van der Waals surface area (Å²) in [6, 6.07) is 6.58. The zero-order chi connectivity index (χ0) is 29.3. The Bertz CT molecular complexity index is 690. The molecule has 0 aromatic heterocycles. The molecule has 0 radical (unpaired) electrons. The van der Waals surface area contributed by atoms with Crippen molar-refractivity contribution in [2.45, 2.75) is 130 Å². The van der Waals surface area contributed by atoms with Gasteiger partial charge in [0.05, 0.1) is 11.1 Å². The molecule has 0 unspecified atom stereocenters. The van der Waals surface area contributed by atoms with Crippen LogP contribution in [0.25, 0.3) is 0 Å². The first-order valence-corrected chi connectivity index (χ1v) is 16.4. The van der Waals surface area contributed by atoms with Crippen LogP contribution in [0.4, 0.5) is 0 Å². The lowest BCUT2D eigenvalue weighted by atomic mass is 10.1. The monoisotopic (exact) mass is 560 g/mol. The van der Waals surface area contributed by atoms with Crippen LogP contribution in [-0.2, 0) is 9.47 Å². The van der Waals surface area contributed by atoms with Gasteiger partial charge in [-0.3, -0.25) is 9.80 Å². The summed E-state index contributed by atoms with van der Waals surface area (Å²) >= 11 is 0. The lowest BCUT2D eigenvalue weighted by molar-refractivity contribution is 0.0211. The van der Waals surface area contributed by atoms with E-state index in [2.05, 4.69) is 37.5 Å². The molecule has 0 aliphatic carbocycles. The number of nitrogens with zero attached hydrogens (tertiary/aromatic N) is 2. The zero-order valence-corrected chi connectivity index (χ0v) is 26.4. The third kappa shape index (κ3) is 17.7. The fraction of sp³-hybridized carbons (Fsp3) is 0.765. The molecule has 40 heavy (non-hydrogen) atoms. The quantitative estimate of drug-likeness (QED) is 0.0641. The molecule has 0 saturated carbocycles. The fourth-order valence-corrected chi connectivity index (χ4v) is 4.78. The summed E-state index contributed by atoms with van der Waals surface area (Å²) < 4.78 is 11.1. The maximum atomic E-state index is 12.5. The van der Waals surface area contributed by atoms with Crippen molar-refractivity contribution < 1.29 is 19.1 Å². The molecule has 0 spiro atoms. The number of hydrogen-bond donors (Lipinski definition) is 0. The summed E-state index contributed by atoms with van der Waals surface area (Å²) in [5.74, 6) is -0.728. The van der Waals surface area contributed by atoms with Crippen LogP contribution in [0, 0.1) is 0 Å². The second kappa shape index (κ2) is 24.8. The van der Waals surface area contributed by atoms with Gasteiger partial charge in [0.15, 0.2) is 0 Å². The van der Waals surface area contributed by atoms with Crippen molar-refractivity contribution in [3.8, 4) is 0 Å². The van der Waals surface area contributed by atoms with Crippen molar-refractivity contribution in [3.63, 3.8) is 0 Å². The van der Waals surface area contributed by atoms with Gasteiger partial charge in [0.1, 0.15) is 13.5 Å². The van der Waals surface area contributed by atoms with Gasteiger partial charge in [0.25, 0.3) is 0 Å². The van der Waals surface area contributed by atoms with Crippen molar-refractivity contribution in [1.82, 2.24) is 9.80 Å². The highest BCUT2D eigenvalue weighted by molar-refractivity contribution is 5.93. The molecule has 0 aliphatic heterocycles. The van der Waals surface area contributed by atoms with E-state index in [9.17, 15) is 9.59 Å². The standard InChI is InChI=1S/C34H60N2O4/c1-5-9-11-13-15-17-19-21-27-35(7-3)29-39-33(37)31-23-25-32(26-24-31)34(38)40-30-36(8-4)28-22-20-18-16-14-12-10-6-2/h23-26H,5-22,27-30H2,1-4H3. The topological polar surface area (TPSA) is 59.1 Å². The van der Waals surface area contributed by atoms with Crippen molar-refractivity contribution in [2.24, 2.45) is 0 Å². The number of ether oxygens (including phenoxy) is 2. The van der Waals surface area contributed by atoms with Gasteiger partial charge >= 0.3 is 11.9 Å². The second-order valence-corrected chi connectivity index (χ2v) is 11.1. The van der Waals surface area contributed by atoms with Crippen LogP contribution in [-0.4, -0.2) is 61.4 Å². The van der Waals surface area contributed by atoms with Crippen LogP contribution in [0.2, 0.25) is 0 Å².